The molecule has 2 aromatic heterocycles. The van der Waals surface area contributed by atoms with E-state index in [0.717, 1.165) is 47.6 Å². The quantitative estimate of drug-likeness (QED) is 0.793. The Morgan fingerprint density at radius 1 is 1.34 bits per heavy atom. The molecule has 156 valence electrons. The standard InChI is InChI=1S/C23H32N4O2/c1-15-11-20-19(25-22(15)26-21(29)12-23(3,4)5)7-6-10-27(20)14-18-9-8-17(13-24-18)16(2)28/h8-9,11,13,16,28H,6-7,10,12,14H2,1-5H3,(H,25,26,29)/t16-/m1/s1. The van der Waals surface area contributed by atoms with Crippen molar-refractivity contribution in [2.75, 3.05) is 16.8 Å². The monoisotopic (exact) mass is 396 g/mol. The van der Waals surface area contributed by atoms with Crippen molar-refractivity contribution < 1.29 is 9.90 Å². The zero-order valence-corrected chi connectivity index (χ0v) is 18.1. The number of rotatable bonds is 5. The summed E-state index contributed by atoms with van der Waals surface area (Å²) < 4.78 is 0. The first-order valence-electron chi connectivity index (χ1n) is 10.3. The highest BCUT2D eigenvalue weighted by molar-refractivity contribution is 5.91. The minimum atomic E-state index is -0.508. The van der Waals surface area contributed by atoms with E-state index in [9.17, 15) is 9.90 Å². The van der Waals surface area contributed by atoms with Gasteiger partial charge in [0.05, 0.1) is 29.7 Å². The molecule has 0 spiro atoms. The Bertz CT molecular complexity index is 870. The van der Waals surface area contributed by atoms with Gasteiger partial charge in [-0.15, -0.1) is 0 Å². The molecule has 29 heavy (non-hydrogen) atoms. The summed E-state index contributed by atoms with van der Waals surface area (Å²) in [7, 11) is 0. The molecule has 3 rings (SSSR count). The number of aryl methyl sites for hydroxylation is 2. The number of nitrogens with one attached hydrogen (secondary N) is 1. The van der Waals surface area contributed by atoms with Crippen LogP contribution in [0.3, 0.4) is 0 Å². The highest BCUT2D eigenvalue weighted by Gasteiger charge is 2.22. The Morgan fingerprint density at radius 2 is 2.10 bits per heavy atom. The smallest absolute Gasteiger partial charge is 0.226 e. The lowest BCUT2D eigenvalue weighted by Crippen LogP contribution is -2.30. The van der Waals surface area contributed by atoms with Gasteiger partial charge in [-0.2, -0.15) is 0 Å². The molecule has 6 nitrogen and oxygen atoms in total. The number of nitrogens with zero attached hydrogens (tertiary/aromatic N) is 3. The van der Waals surface area contributed by atoms with E-state index in [1.165, 1.54) is 0 Å². The minimum absolute atomic E-state index is 0.00289. The lowest BCUT2D eigenvalue weighted by Gasteiger charge is -2.31. The fraction of sp³-hybridized carbons (Fsp3) is 0.522. The molecule has 0 saturated heterocycles. The maximum absolute atomic E-state index is 12.3. The number of hydrogen-bond acceptors (Lipinski definition) is 5. The van der Waals surface area contributed by atoms with Crippen LogP contribution in [0.4, 0.5) is 11.5 Å². The normalized spacial score (nSPS) is 15.0. The van der Waals surface area contributed by atoms with E-state index < -0.39 is 6.10 Å². The predicted molar refractivity (Wildman–Crippen MR) is 116 cm³/mol. The first kappa shape index (κ1) is 21.2. The van der Waals surface area contributed by atoms with Gasteiger partial charge in [0.25, 0.3) is 0 Å². The van der Waals surface area contributed by atoms with Gasteiger partial charge in [-0.25, -0.2) is 4.98 Å². The van der Waals surface area contributed by atoms with E-state index in [0.29, 0.717) is 18.8 Å². The number of amides is 1. The average Bonchev–Trinajstić information content (AvgIpc) is 2.62. The summed E-state index contributed by atoms with van der Waals surface area (Å²) in [5.74, 6) is 0.669. The fourth-order valence-electron chi connectivity index (χ4n) is 3.57. The van der Waals surface area contributed by atoms with Crippen molar-refractivity contribution in [1.29, 1.82) is 0 Å². The van der Waals surface area contributed by atoms with Crippen LogP contribution >= 0.6 is 0 Å². The second-order valence-electron chi connectivity index (χ2n) is 9.19. The predicted octanol–water partition coefficient (Wildman–Crippen LogP) is 4.17. The van der Waals surface area contributed by atoms with E-state index in [1.54, 1.807) is 13.1 Å². The Labute approximate surface area is 173 Å². The summed E-state index contributed by atoms with van der Waals surface area (Å²) in [5, 5.41) is 12.7. The van der Waals surface area contributed by atoms with E-state index in [4.69, 9.17) is 4.98 Å². The molecule has 0 bridgehead atoms. The van der Waals surface area contributed by atoms with Crippen LogP contribution in [0.15, 0.2) is 24.4 Å². The van der Waals surface area contributed by atoms with Crippen molar-refractivity contribution in [2.45, 2.75) is 66.5 Å². The molecule has 1 atom stereocenters. The summed E-state index contributed by atoms with van der Waals surface area (Å²) in [6.45, 7) is 11.5. The SMILES string of the molecule is Cc1cc2c(nc1NC(=O)CC(C)(C)C)CCCN2Cc1ccc([C@@H](C)O)cn1. The van der Waals surface area contributed by atoms with Gasteiger partial charge in [0.2, 0.25) is 5.91 Å². The maximum atomic E-state index is 12.3. The van der Waals surface area contributed by atoms with Gasteiger partial charge >= 0.3 is 0 Å². The van der Waals surface area contributed by atoms with Crippen molar-refractivity contribution >= 4 is 17.4 Å². The van der Waals surface area contributed by atoms with Crippen LogP contribution in [0.25, 0.3) is 0 Å². The third-order valence-electron chi connectivity index (χ3n) is 5.08. The highest BCUT2D eigenvalue weighted by atomic mass is 16.3. The first-order chi connectivity index (χ1) is 13.6. The van der Waals surface area contributed by atoms with Crippen molar-refractivity contribution in [3.8, 4) is 0 Å². The van der Waals surface area contributed by atoms with Crippen LogP contribution < -0.4 is 10.2 Å². The minimum Gasteiger partial charge on any atom is -0.389 e. The average molecular weight is 397 g/mol. The maximum Gasteiger partial charge on any atom is 0.226 e. The summed E-state index contributed by atoms with van der Waals surface area (Å²) in [4.78, 5) is 23.9. The molecule has 3 heterocycles. The number of carbonyl (C=O) groups excluding carboxylic acids is 1. The molecule has 6 heteroatoms. The molecule has 0 aromatic carbocycles. The lowest BCUT2D eigenvalue weighted by atomic mass is 9.92. The van der Waals surface area contributed by atoms with Crippen LogP contribution in [0.1, 0.15) is 69.2 Å². The Morgan fingerprint density at radius 3 is 2.72 bits per heavy atom. The fourth-order valence-corrected chi connectivity index (χ4v) is 3.57. The number of hydrogen-bond donors (Lipinski definition) is 2. The second kappa shape index (κ2) is 8.49. The van der Waals surface area contributed by atoms with Crippen molar-refractivity contribution in [2.24, 2.45) is 5.41 Å². The Kier molecular flexibility index (Phi) is 6.22. The molecule has 0 unspecified atom stereocenters. The lowest BCUT2D eigenvalue weighted by molar-refractivity contribution is -0.117. The van der Waals surface area contributed by atoms with Gasteiger partial charge in [-0.05, 0) is 55.4 Å². The zero-order valence-electron chi connectivity index (χ0n) is 18.1. The van der Waals surface area contributed by atoms with E-state index >= 15 is 0 Å². The van der Waals surface area contributed by atoms with Gasteiger partial charge in [-0.3, -0.25) is 9.78 Å². The summed E-state index contributed by atoms with van der Waals surface area (Å²) in [6.07, 6.45) is 3.62. The number of anilines is 2. The van der Waals surface area contributed by atoms with Gasteiger partial charge in [-0.1, -0.05) is 26.8 Å². The van der Waals surface area contributed by atoms with Crippen molar-refractivity contribution in [3.05, 3.63) is 46.9 Å². The molecule has 2 aromatic rings. The molecular formula is C23H32N4O2. The molecule has 1 aliphatic rings. The van der Waals surface area contributed by atoms with E-state index in [1.807, 2.05) is 19.1 Å². The van der Waals surface area contributed by atoms with Crippen LogP contribution in [0.2, 0.25) is 0 Å². The van der Waals surface area contributed by atoms with Gasteiger partial charge in [0, 0.05) is 19.2 Å². The largest absolute Gasteiger partial charge is 0.389 e. The number of fused-ring (bicyclic) bond motifs is 1. The number of carbonyl (C=O) groups is 1. The zero-order chi connectivity index (χ0) is 21.2. The molecular weight excluding hydrogens is 364 g/mol. The molecule has 1 aliphatic heterocycles. The van der Waals surface area contributed by atoms with Gasteiger partial charge in [0.15, 0.2) is 0 Å². The molecule has 0 saturated carbocycles. The number of aliphatic hydroxyl groups excluding tert-OH is 1. The topological polar surface area (TPSA) is 78.4 Å². The number of aromatic nitrogens is 2. The van der Waals surface area contributed by atoms with Crippen molar-refractivity contribution in [3.63, 3.8) is 0 Å². The third kappa shape index (κ3) is 5.54. The number of aliphatic hydroxyl groups is 1. The van der Waals surface area contributed by atoms with Crippen LogP contribution in [-0.4, -0.2) is 27.5 Å². The van der Waals surface area contributed by atoms with Crippen LogP contribution in [-0.2, 0) is 17.8 Å². The summed E-state index contributed by atoms with van der Waals surface area (Å²) in [6, 6.07) is 6.02. The number of pyridine rings is 2. The molecule has 2 N–H and O–H groups in total. The Hall–Kier alpha value is -2.47. The van der Waals surface area contributed by atoms with E-state index in [2.05, 4.69) is 42.0 Å². The second-order valence-corrected chi connectivity index (χ2v) is 9.19. The third-order valence-corrected chi connectivity index (χ3v) is 5.08. The van der Waals surface area contributed by atoms with Crippen LogP contribution in [0, 0.1) is 12.3 Å². The molecule has 1 amide bonds. The van der Waals surface area contributed by atoms with Crippen LogP contribution in [0.5, 0.6) is 0 Å². The highest BCUT2D eigenvalue weighted by Crippen LogP contribution is 2.31. The van der Waals surface area contributed by atoms with E-state index in [-0.39, 0.29) is 11.3 Å². The van der Waals surface area contributed by atoms with Gasteiger partial charge in [0.1, 0.15) is 5.82 Å². The Balaban J connectivity index is 1.77. The summed E-state index contributed by atoms with van der Waals surface area (Å²) in [5.41, 5.74) is 4.83. The van der Waals surface area contributed by atoms with Gasteiger partial charge < -0.3 is 15.3 Å². The molecule has 0 aliphatic carbocycles. The molecule has 0 radical (unpaired) electrons. The van der Waals surface area contributed by atoms with Crippen molar-refractivity contribution in [1.82, 2.24) is 9.97 Å². The summed E-state index contributed by atoms with van der Waals surface area (Å²) >= 11 is 0. The molecule has 0 fully saturated rings. The first-order valence-corrected chi connectivity index (χ1v) is 10.3.